The molecule has 1 unspecified atom stereocenters. The summed E-state index contributed by atoms with van der Waals surface area (Å²) in [6, 6.07) is 9.18. The molecule has 1 atom stereocenters. The zero-order valence-electron chi connectivity index (χ0n) is 12.5. The Balaban J connectivity index is 1.51. The van der Waals surface area contributed by atoms with Crippen LogP contribution in [-0.4, -0.2) is 44.2 Å². The second-order valence-corrected chi connectivity index (χ2v) is 5.02. The highest BCUT2D eigenvalue weighted by Crippen LogP contribution is 2.11. The van der Waals surface area contributed by atoms with E-state index >= 15 is 0 Å². The normalized spacial score (nSPS) is 12.3. The topological polar surface area (TPSA) is 84.6 Å². The van der Waals surface area contributed by atoms with Gasteiger partial charge in [0.2, 0.25) is 0 Å². The second kappa shape index (κ2) is 6.57. The zero-order chi connectivity index (χ0) is 16.2. The van der Waals surface area contributed by atoms with Gasteiger partial charge in [-0.15, -0.1) is 14.8 Å². The van der Waals surface area contributed by atoms with Gasteiger partial charge in [0.1, 0.15) is 35.9 Å². The average Bonchev–Trinajstić information content (AvgIpc) is 2.91. The van der Waals surface area contributed by atoms with Crippen LogP contribution in [0.3, 0.4) is 0 Å². The maximum atomic E-state index is 12.8. The van der Waals surface area contributed by atoms with Crippen LogP contribution in [0.4, 0.5) is 10.2 Å². The van der Waals surface area contributed by atoms with Gasteiger partial charge in [0, 0.05) is 6.54 Å². The van der Waals surface area contributed by atoms with Crippen molar-refractivity contribution in [2.24, 2.45) is 0 Å². The van der Waals surface area contributed by atoms with E-state index in [1.807, 2.05) is 0 Å². The van der Waals surface area contributed by atoms with Gasteiger partial charge in [0.15, 0.2) is 5.65 Å². The number of nitrogens with one attached hydrogen (secondary N) is 1. The molecule has 0 bridgehead atoms. The van der Waals surface area contributed by atoms with Crippen LogP contribution >= 0.6 is 0 Å². The largest absolute Gasteiger partial charge is 0.491 e. The van der Waals surface area contributed by atoms with Crippen molar-refractivity contribution in [3.05, 3.63) is 48.0 Å². The number of fused-ring (bicyclic) bond motifs is 1. The molecule has 120 valence electrons. The highest BCUT2D eigenvalue weighted by molar-refractivity contribution is 5.43. The van der Waals surface area contributed by atoms with Crippen molar-refractivity contribution in [1.29, 1.82) is 0 Å². The number of aliphatic hydroxyl groups excluding tert-OH is 1. The van der Waals surface area contributed by atoms with Crippen molar-refractivity contribution >= 4 is 11.5 Å². The molecule has 0 aliphatic heterocycles. The third-order valence-corrected chi connectivity index (χ3v) is 3.09. The van der Waals surface area contributed by atoms with Crippen molar-refractivity contribution in [3.63, 3.8) is 0 Å². The van der Waals surface area contributed by atoms with Crippen LogP contribution in [0.25, 0.3) is 5.65 Å². The first-order chi connectivity index (χ1) is 11.1. The molecule has 0 fully saturated rings. The predicted molar refractivity (Wildman–Crippen MR) is 81.9 cm³/mol. The third kappa shape index (κ3) is 3.92. The molecule has 2 N–H and O–H groups in total. The Labute approximate surface area is 131 Å². The Morgan fingerprint density at radius 3 is 2.78 bits per heavy atom. The van der Waals surface area contributed by atoms with Gasteiger partial charge in [0.05, 0.1) is 0 Å². The fourth-order valence-corrected chi connectivity index (χ4v) is 1.99. The minimum atomic E-state index is -0.741. The minimum absolute atomic E-state index is 0.0866. The molecule has 2 aromatic heterocycles. The first-order valence-corrected chi connectivity index (χ1v) is 7.11. The van der Waals surface area contributed by atoms with Gasteiger partial charge in [-0.3, -0.25) is 0 Å². The third-order valence-electron chi connectivity index (χ3n) is 3.09. The molecule has 23 heavy (non-hydrogen) atoms. The zero-order valence-corrected chi connectivity index (χ0v) is 12.5. The molecule has 0 saturated heterocycles. The summed E-state index contributed by atoms with van der Waals surface area (Å²) in [5.41, 5.74) is 0.660. The highest BCUT2D eigenvalue weighted by Gasteiger charge is 2.07. The van der Waals surface area contributed by atoms with Crippen LogP contribution in [0.5, 0.6) is 5.75 Å². The number of hydrogen-bond donors (Lipinski definition) is 2. The monoisotopic (exact) mass is 317 g/mol. The van der Waals surface area contributed by atoms with E-state index in [4.69, 9.17) is 4.74 Å². The lowest BCUT2D eigenvalue weighted by Gasteiger charge is -2.13. The summed E-state index contributed by atoms with van der Waals surface area (Å²) in [5.74, 6) is 1.39. The number of anilines is 1. The van der Waals surface area contributed by atoms with Crippen LogP contribution in [0.1, 0.15) is 5.82 Å². The van der Waals surface area contributed by atoms with Crippen LogP contribution < -0.4 is 10.1 Å². The number of aryl methyl sites for hydroxylation is 1. The number of ether oxygens (including phenoxy) is 1. The van der Waals surface area contributed by atoms with E-state index in [9.17, 15) is 9.50 Å². The smallest absolute Gasteiger partial charge is 0.176 e. The van der Waals surface area contributed by atoms with Gasteiger partial charge >= 0.3 is 0 Å². The Morgan fingerprint density at radius 1 is 1.22 bits per heavy atom. The fraction of sp³-hybridized carbons (Fsp3) is 0.267. The molecule has 0 saturated carbocycles. The summed E-state index contributed by atoms with van der Waals surface area (Å²) in [6.45, 7) is 2.13. The molecule has 7 nitrogen and oxygen atoms in total. The number of benzene rings is 1. The summed E-state index contributed by atoms with van der Waals surface area (Å²) in [4.78, 5) is 4.18. The van der Waals surface area contributed by atoms with Gasteiger partial charge in [-0.2, -0.15) is 0 Å². The summed E-state index contributed by atoms with van der Waals surface area (Å²) in [7, 11) is 0. The Bertz CT molecular complexity index is 790. The van der Waals surface area contributed by atoms with Crippen molar-refractivity contribution in [3.8, 4) is 5.75 Å². The van der Waals surface area contributed by atoms with E-state index < -0.39 is 6.10 Å². The lowest BCUT2D eigenvalue weighted by atomic mass is 10.3. The van der Waals surface area contributed by atoms with Crippen LogP contribution in [0.2, 0.25) is 0 Å². The maximum absolute atomic E-state index is 12.8. The second-order valence-electron chi connectivity index (χ2n) is 5.02. The molecule has 8 heteroatoms. The number of aliphatic hydroxyl groups is 1. The molecule has 2 heterocycles. The van der Waals surface area contributed by atoms with E-state index in [1.54, 1.807) is 19.1 Å². The van der Waals surface area contributed by atoms with Gasteiger partial charge in [-0.1, -0.05) is 0 Å². The first kappa shape index (κ1) is 15.2. The SMILES string of the molecule is Cc1nc2ccc(NCC(O)COc3ccc(F)cc3)nn2n1. The highest BCUT2D eigenvalue weighted by atomic mass is 19.1. The molecule has 0 amide bonds. The van der Waals surface area contributed by atoms with Crippen LogP contribution in [0, 0.1) is 12.7 Å². The number of hydrogen-bond acceptors (Lipinski definition) is 6. The van der Waals surface area contributed by atoms with Gasteiger partial charge in [-0.05, 0) is 43.3 Å². The maximum Gasteiger partial charge on any atom is 0.176 e. The van der Waals surface area contributed by atoms with E-state index in [2.05, 4.69) is 20.5 Å². The lowest BCUT2D eigenvalue weighted by molar-refractivity contribution is 0.117. The lowest BCUT2D eigenvalue weighted by Crippen LogP contribution is -2.26. The Morgan fingerprint density at radius 2 is 2.00 bits per heavy atom. The molecule has 0 aliphatic carbocycles. The summed E-state index contributed by atoms with van der Waals surface area (Å²) in [6.07, 6.45) is -0.741. The van der Waals surface area contributed by atoms with E-state index in [0.717, 1.165) is 0 Å². The molecular formula is C15H16FN5O2. The van der Waals surface area contributed by atoms with Crippen LogP contribution in [-0.2, 0) is 0 Å². The summed E-state index contributed by atoms with van der Waals surface area (Å²) >= 11 is 0. The van der Waals surface area contributed by atoms with E-state index in [-0.39, 0.29) is 19.0 Å². The van der Waals surface area contributed by atoms with Gasteiger partial charge in [-0.25, -0.2) is 9.37 Å². The number of halogens is 1. The molecule has 0 radical (unpaired) electrons. The van der Waals surface area contributed by atoms with E-state index in [0.29, 0.717) is 23.0 Å². The molecule has 0 spiro atoms. The average molecular weight is 317 g/mol. The van der Waals surface area contributed by atoms with Crippen molar-refractivity contribution in [2.75, 3.05) is 18.5 Å². The minimum Gasteiger partial charge on any atom is -0.491 e. The number of aromatic nitrogens is 4. The molecule has 0 aliphatic rings. The van der Waals surface area contributed by atoms with Crippen molar-refractivity contribution < 1.29 is 14.2 Å². The van der Waals surface area contributed by atoms with Gasteiger partial charge < -0.3 is 15.2 Å². The molecular weight excluding hydrogens is 301 g/mol. The Kier molecular flexibility index (Phi) is 4.33. The summed E-state index contributed by atoms with van der Waals surface area (Å²) < 4.78 is 19.6. The molecule has 3 aromatic rings. The predicted octanol–water partition coefficient (Wildman–Crippen LogP) is 1.42. The van der Waals surface area contributed by atoms with Gasteiger partial charge in [0.25, 0.3) is 0 Å². The number of rotatable bonds is 6. The van der Waals surface area contributed by atoms with Crippen molar-refractivity contribution in [2.45, 2.75) is 13.0 Å². The standard InChI is InChI=1S/C15H16FN5O2/c1-10-18-15-7-6-14(20-21(15)19-10)17-8-12(22)9-23-13-4-2-11(16)3-5-13/h2-7,12,22H,8-9H2,1H3,(H,17,20). The van der Waals surface area contributed by atoms with Crippen LogP contribution in [0.15, 0.2) is 36.4 Å². The number of nitrogens with zero attached hydrogens (tertiary/aromatic N) is 4. The van der Waals surface area contributed by atoms with E-state index in [1.165, 1.54) is 28.9 Å². The fourth-order valence-electron chi connectivity index (χ4n) is 1.99. The molecule has 1 aromatic carbocycles. The summed E-state index contributed by atoms with van der Waals surface area (Å²) in [5, 5.41) is 21.3. The Hall–Kier alpha value is -2.74. The van der Waals surface area contributed by atoms with Crippen molar-refractivity contribution in [1.82, 2.24) is 19.8 Å². The first-order valence-electron chi connectivity index (χ1n) is 7.11. The quantitative estimate of drug-likeness (QED) is 0.715. The molecule has 3 rings (SSSR count).